The number of aryl methyl sites for hydroxylation is 1. The summed E-state index contributed by atoms with van der Waals surface area (Å²) in [5, 5.41) is 0. The number of hydrogen-bond acceptors (Lipinski definition) is 3. The Morgan fingerprint density at radius 2 is 1.19 bits per heavy atom. The van der Waals surface area contributed by atoms with E-state index in [2.05, 4.69) is 23.8 Å². The molecule has 3 nitrogen and oxygen atoms in total. The van der Waals surface area contributed by atoms with Gasteiger partial charge in [-0.15, -0.1) is 0 Å². The van der Waals surface area contributed by atoms with Crippen molar-refractivity contribution in [3.05, 3.63) is 42.2 Å². The molecular weight excluding hydrogens is 454 g/mol. The van der Waals surface area contributed by atoms with Gasteiger partial charge in [0.2, 0.25) is 0 Å². The van der Waals surface area contributed by atoms with E-state index in [-0.39, 0.29) is 0 Å². The van der Waals surface area contributed by atoms with Crippen molar-refractivity contribution < 1.29 is 13.5 Å². The minimum absolute atomic E-state index is 0.333. The number of rotatable bonds is 21. The molecule has 2 aromatic rings. The van der Waals surface area contributed by atoms with Crippen molar-refractivity contribution >= 4 is 0 Å². The van der Waals surface area contributed by atoms with Crippen LogP contribution in [0.1, 0.15) is 116 Å². The van der Waals surface area contributed by atoms with E-state index < -0.39 is 12.3 Å². The van der Waals surface area contributed by atoms with Crippen molar-refractivity contribution in [1.82, 2.24) is 9.97 Å². The standard InChI is InChI=1S/C31H48F2N2O/c1-3-5-7-8-9-10-11-13-15-28(32)21-18-26-16-19-27(20-17-26)31-34-24-30(25-35-31)36-23-22-29(33)14-12-6-4-2/h16-17,19-20,24-25,28-29H,3-15,18,21-23H2,1-2H3/t28-,29+/m1/s1. The molecule has 0 N–H and O–H groups in total. The highest BCUT2D eigenvalue weighted by Gasteiger charge is 2.09. The van der Waals surface area contributed by atoms with Crippen LogP contribution in [0.2, 0.25) is 0 Å². The Labute approximate surface area is 218 Å². The number of nitrogens with zero attached hydrogens (tertiary/aromatic N) is 2. The van der Waals surface area contributed by atoms with E-state index >= 15 is 0 Å². The highest BCUT2D eigenvalue weighted by molar-refractivity contribution is 5.55. The van der Waals surface area contributed by atoms with Crippen LogP contribution in [0.4, 0.5) is 8.78 Å². The molecule has 202 valence electrons. The van der Waals surface area contributed by atoms with Crippen LogP contribution in [-0.2, 0) is 6.42 Å². The number of halogens is 2. The number of aromatic nitrogens is 2. The predicted molar refractivity (Wildman–Crippen MR) is 147 cm³/mol. The van der Waals surface area contributed by atoms with Gasteiger partial charge in [-0.2, -0.15) is 0 Å². The monoisotopic (exact) mass is 502 g/mol. The molecule has 0 radical (unpaired) electrons. The van der Waals surface area contributed by atoms with Gasteiger partial charge in [-0.3, -0.25) is 0 Å². The van der Waals surface area contributed by atoms with E-state index in [1.165, 1.54) is 38.5 Å². The van der Waals surface area contributed by atoms with Gasteiger partial charge in [0.25, 0.3) is 0 Å². The maximum absolute atomic E-state index is 14.3. The molecule has 0 unspecified atom stereocenters. The van der Waals surface area contributed by atoms with Crippen LogP contribution in [0.25, 0.3) is 11.4 Å². The molecule has 1 heterocycles. The van der Waals surface area contributed by atoms with Crippen molar-refractivity contribution in [1.29, 1.82) is 0 Å². The molecule has 2 rings (SSSR count). The third-order valence-electron chi connectivity index (χ3n) is 6.78. The highest BCUT2D eigenvalue weighted by Crippen LogP contribution is 2.20. The first kappa shape index (κ1) is 30.2. The van der Waals surface area contributed by atoms with E-state index in [0.717, 1.165) is 49.7 Å². The van der Waals surface area contributed by atoms with Crippen LogP contribution in [0.5, 0.6) is 5.75 Å². The zero-order valence-electron chi connectivity index (χ0n) is 22.7. The topological polar surface area (TPSA) is 35.0 Å². The molecule has 1 aromatic carbocycles. The first-order valence-corrected chi connectivity index (χ1v) is 14.4. The van der Waals surface area contributed by atoms with Crippen LogP contribution in [-0.4, -0.2) is 28.9 Å². The molecule has 0 aliphatic rings. The van der Waals surface area contributed by atoms with E-state index in [0.29, 0.717) is 43.9 Å². The minimum atomic E-state index is -0.812. The number of unbranched alkanes of at least 4 members (excludes halogenated alkanes) is 9. The van der Waals surface area contributed by atoms with E-state index in [9.17, 15) is 8.78 Å². The molecule has 1 aromatic heterocycles. The summed E-state index contributed by atoms with van der Waals surface area (Å²) in [6.07, 6.45) is 17.8. The summed E-state index contributed by atoms with van der Waals surface area (Å²) in [5.41, 5.74) is 2.05. The van der Waals surface area contributed by atoms with Gasteiger partial charge >= 0.3 is 0 Å². The third kappa shape index (κ3) is 13.3. The summed E-state index contributed by atoms with van der Waals surface area (Å²) >= 11 is 0. The Kier molecular flexibility index (Phi) is 16.0. The van der Waals surface area contributed by atoms with Crippen molar-refractivity contribution in [2.24, 2.45) is 0 Å². The lowest BCUT2D eigenvalue weighted by Gasteiger charge is -2.10. The Morgan fingerprint density at radius 3 is 1.83 bits per heavy atom. The summed E-state index contributed by atoms with van der Waals surface area (Å²) in [6, 6.07) is 8.04. The molecule has 0 fully saturated rings. The van der Waals surface area contributed by atoms with Crippen LogP contribution in [0.3, 0.4) is 0 Å². The van der Waals surface area contributed by atoms with Gasteiger partial charge in [0.15, 0.2) is 11.6 Å². The lowest BCUT2D eigenvalue weighted by atomic mass is 10.0. The minimum Gasteiger partial charge on any atom is -0.490 e. The van der Waals surface area contributed by atoms with Crippen LogP contribution in [0.15, 0.2) is 36.7 Å². The molecule has 0 amide bonds. The Bertz CT molecular complexity index is 782. The SMILES string of the molecule is CCCCCCCCCC[C@@H](F)CCc1ccc(-c2ncc(OCC[C@@H](F)CCCCC)cn2)cc1. The average molecular weight is 503 g/mol. The number of hydrogen-bond donors (Lipinski definition) is 0. The van der Waals surface area contributed by atoms with Crippen molar-refractivity contribution in [2.75, 3.05) is 6.61 Å². The van der Waals surface area contributed by atoms with Gasteiger partial charge in [0.05, 0.1) is 19.0 Å². The third-order valence-corrected chi connectivity index (χ3v) is 6.78. The molecule has 0 bridgehead atoms. The van der Waals surface area contributed by atoms with Crippen molar-refractivity contribution in [3.63, 3.8) is 0 Å². The van der Waals surface area contributed by atoms with Gasteiger partial charge in [0.1, 0.15) is 12.3 Å². The van der Waals surface area contributed by atoms with Gasteiger partial charge in [-0.1, -0.05) is 109 Å². The van der Waals surface area contributed by atoms with E-state index in [1.807, 2.05) is 24.3 Å². The molecular formula is C31H48F2N2O. The fourth-order valence-corrected chi connectivity index (χ4v) is 4.39. The lowest BCUT2D eigenvalue weighted by molar-refractivity contribution is 0.222. The zero-order chi connectivity index (χ0) is 25.8. The molecule has 2 atom stereocenters. The Balaban J connectivity index is 1.63. The zero-order valence-corrected chi connectivity index (χ0v) is 22.7. The summed E-state index contributed by atoms with van der Waals surface area (Å²) in [5.74, 6) is 1.18. The highest BCUT2D eigenvalue weighted by atomic mass is 19.1. The Morgan fingerprint density at radius 1 is 0.667 bits per heavy atom. The first-order valence-electron chi connectivity index (χ1n) is 14.4. The van der Waals surface area contributed by atoms with Crippen LogP contribution >= 0.6 is 0 Å². The molecule has 5 heteroatoms. The summed E-state index contributed by atoms with van der Waals surface area (Å²) in [6.45, 7) is 4.69. The first-order chi connectivity index (χ1) is 17.6. The summed E-state index contributed by atoms with van der Waals surface area (Å²) in [7, 11) is 0. The summed E-state index contributed by atoms with van der Waals surface area (Å²) < 4.78 is 33.7. The van der Waals surface area contributed by atoms with E-state index in [1.54, 1.807) is 12.4 Å². The molecule has 0 saturated heterocycles. The van der Waals surface area contributed by atoms with Crippen molar-refractivity contribution in [2.45, 2.75) is 129 Å². The average Bonchev–Trinajstić information content (AvgIpc) is 2.90. The van der Waals surface area contributed by atoms with Gasteiger partial charge in [-0.25, -0.2) is 18.7 Å². The van der Waals surface area contributed by atoms with Crippen molar-refractivity contribution in [3.8, 4) is 17.1 Å². The van der Waals surface area contributed by atoms with Gasteiger partial charge in [0, 0.05) is 12.0 Å². The lowest BCUT2D eigenvalue weighted by Crippen LogP contribution is -2.08. The molecule has 36 heavy (non-hydrogen) atoms. The number of benzene rings is 1. The normalized spacial score (nSPS) is 13.0. The summed E-state index contributed by atoms with van der Waals surface area (Å²) in [4.78, 5) is 8.78. The number of ether oxygens (including phenoxy) is 1. The maximum Gasteiger partial charge on any atom is 0.159 e. The van der Waals surface area contributed by atoms with Gasteiger partial charge in [-0.05, 0) is 31.2 Å². The molecule has 0 spiro atoms. The second-order valence-corrected chi connectivity index (χ2v) is 10.1. The molecule has 0 aliphatic carbocycles. The maximum atomic E-state index is 14.3. The Hall–Kier alpha value is -2.04. The molecule has 0 saturated carbocycles. The molecule has 0 aliphatic heterocycles. The fourth-order valence-electron chi connectivity index (χ4n) is 4.39. The second-order valence-electron chi connectivity index (χ2n) is 10.1. The second kappa shape index (κ2) is 19.1. The predicted octanol–water partition coefficient (Wildman–Crippen LogP) is 9.63. The van der Waals surface area contributed by atoms with Crippen LogP contribution < -0.4 is 4.74 Å². The van der Waals surface area contributed by atoms with Crippen LogP contribution in [0, 0.1) is 0 Å². The largest absolute Gasteiger partial charge is 0.490 e. The quantitative estimate of drug-likeness (QED) is 0.159. The van der Waals surface area contributed by atoms with E-state index in [4.69, 9.17) is 4.74 Å². The van der Waals surface area contributed by atoms with Gasteiger partial charge < -0.3 is 4.74 Å². The number of alkyl halides is 2. The smallest absolute Gasteiger partial charge is 0.159 e. The fraction of sp³-hybridized carbons (Fsp3) is 0.677.